The zero-order valence-corrected chi connectivity index (χ0v) is 23.9. The van der Waals surface area contributed by atoms with Crippen LogP contribution in [0, 0.1) is 0 Å². The third kappa shape index (κ3) is 6.20. The van der Waals surface area contributed by atoms with E-state index < -0.39 is 7.25 Å². The third-order valence-corrected chi connectivity index (χ3v) is 8.59. The molecule has 42 heavy (non-hydrogen) atoms. The van der Waals surface area contributed by atoms with Crippen LogP contribution in [0.15, 0.2) is 72.8 Å². The van der Waals surface area contributed by atoms with E-state index in [9.17, 15) is 17.3 Å². The molecule has 0 bridgehead atoms. The minimum absolute atomic E-state index is 0.998. The summed E-state index contributed by atoms with van der Waals surface area (Å²) in [6, 6.07) is 27.2. The fourth-order valence-corrected chi connectivity index (χ4v) is 6.71. The van der Waals surface area contributed by atoms with Gasteiger partial charge in [-0.25, -0.2) is 9.48 Å². The Labute approximate surface area is 244 Å². The molecule has 9 heteroatoms. The van der Waals surface area contributed by atoms with E-state index >= 15 is 0 Å². The van der Waals surface area contributed by atoms with Gasteiger partial charge in [0.1, 0.15) is 13.1 Å². The summed E-state index contributed by atoms with van der Waals surface area (Å²) in [6.45, 7) is 6.63. The maximum absolute atomic E-state index is 9.75. The topological polar surface area (TPSA) is 12.7 Å². The van der Waals surface area contributed by atoms with Crippen molar-refractivity contribution >= 4 is 57.9 Å². The molecule has 4 nitrogen and oxygen atoms in total. The average molecular weight is 576 g/mol. The van der Waals surface area contributed by atoms with E-state index in [2.05, 4.69) is 98.4 Å². The lowest BCUT2D eigenvalue weighted by Crippen LogP contribution is -2.31. The molecule has 0 spiro atoms. The SMILES string of the molecule is C1=[N+](c2c(N3CCCCC3)ccc3ccccc23)CCN1c1c(N2CCCCC2)ccc2ccccc12.F[B-](F)(F)F. The summed E-state index contributed by atoms with van der Waals surface area (Å²) < 4.78 is 41.5. The molecule has 0 aromatic heterocycles. The molecule has 0 saturated carbocycles. The van der Waals surface area contributed by atoms with Crippen molar-refractivity contribution in [1.29, 1.82) is 0 Å². The van der Waals surface area contributed by atoms with Crippen LogP contribution in [0.5, 0.6) is 0 Å². The Morgan fingerprint density at radius 1 is 0.548 bits per heavy atom. The van der Waals surface area contributed by atoms with Crippen molar-refractivity contribution in [3.8, 4) is 0 Å². The number of anilines is 3. The largest absolute Gasteiger partial charge is 0.673 e. The summed E-state index contributed by atoms with van der Waals surface area (Å²) in [5.41, 5.74) is 5.54. The molecule has 4 aromatic carbocycles. The number of benzene rings is 4. The highest BCUT2D eigenvalue weighted by molar-refractivity contribution is 6.50. The van der Waals surface area contributed by atoms with E-state index in [0.29, 0.717) is 0 Å². The van der Waals surface area contributed by atoms with Crippen molar-refractivity contribution < 1.29 is 21.8 Å². The van der Waals surface area contributed by atoms with Crippen LogP contribution in [-0.2, 0) is 0 Å². The molecule has 0 N–H and O–H groups in total. The first-order valence-electron chi connectivity index (χ1n) is 15.2. The number of halogens is 4. The van der Waals surface area contributed by atoms with Crippen molar-refractivity contribution in [3.63, 3.8) is 0 Å². The van der Waals surface area contributed by atoms with Gasteiger partial charge >= 0.3 is 7.25 Å². The Bertz CT molecular complexity index is 1570. The van der Waals surface area contributed by atoms with Crippen molar-refractivity contribution in [3.05, 3.63) is 72.8 Å². The predicted octanol–water partition coefficient (Wildman–Crippen LogP) is 8.47. The Balaban J connectivity index is 0.000000585. The Morgan fingerprint density at radius 3 is 1.67 bits per heavy atom. The molecule has 2 fully saturated rings. The second-order valence-electron chi connectivity index (χ2n) is 11.4. The molecular weight excluding hydrogens is 539 g/mol. The van der Waals surface area contributed by atoms with E-state index in [1.807, 2.05) is 0 Å². The molecule has 220 valence electrons. The van der Waals surface area contributed by atoms with E-state index in [1.54, 1.807) is 0 Å². The van der Waals surface area contributed by atoms with Crippen LogP contribution in [0.4, 0.5) is 40.0 Å². The molecule has 0 radical (unpaired) electrons. The zero-order chi connectivity index (χ0) is 29.1. The third-order valence-electron chi connectivity index (χ3n) is 8.59. The van der Waals surface area contributed by atoms with Crippen LogP contribution < -0.4 is 14.7 Å². The fraction of sp³-hybridized carbons (Fsp3) is 0.364. The Kier molecular flexibility index (Phi) is 8.27. The summed E-state index contributed by atoms with van der Waals surface area (Å²) in [5, 5.41) is 5.37. The van der Waals surface area contributed by atoms with Crippen LogP contribution >= 0.6 is 0 Å². The lowest BCUT2D eigenvalue weighted by molar-refractivity contribution is -0.421. The van der Waals surface area contributed by atoms with Crippen LogP contribution in [-0.4, -0.2) is 57.4 Å². The first-order valence-corrected chi connectivity index (χ1v) is 15.2. The van der Waals surface area contributed by atoms with Gasteiger partial charge in [0, 0.05) is 37.0 Å². The summed E-state index contributed by atoms with van der Waals surface area (Å²) in [7, 11) is -6.00. The molecular formula is C33H37BF4N4. The van der Waals surface area contributed by atoms with Gasteiger partial charge in [-0.2, -0.15) is 0 Å². The number of nitrogens with zero attached hydrogens (tertiary/aromatic N) is 4. The quantitative estimate of drug-likeness (QED) is 0.137. The van der Waals surface area contributed by atoms with Gasteiger partial charge in [-0.05, 0) is 61.4 Å². The number of hydrogen-bond acceptors (Lipinski definition) is 3. The molecule has 7 rings (SSSR count). The van der Waals surface area contributed by atoms with Crippen molar-refractivity contribution in [2.75, 3.05) is 54.0 Å². The summed E-state index contributed by atoms with van der Waals surface area (Å²) in [6.07, 6.45) is 10.3. The molecule has 3 aliphatic heterocycles. The summed E-state index contributed by atoms with van der Waals surface area (Å²) in [5.74, 6) is 0. The molecule has 2 saturated heterocycles. The molecule has 4 aromatic rings. The molecule has 0 aliphatic carbocycles. The predicted molar refractivity (Wildman–Crippen MR) is 168 cm³/mol. The number of piperidine rings is 2. The second-order valence-corrected chi connectivity index (χ2v) is 11.4. The zero-order valence-electron chi connectivity index (χ0n) is 23.9. The summed E-state index contributed by atoms with van der Waals surface area (Å²) >= 11 is 0. The van der Waals surface area contributed by atoms with Crippen molar-refractivity contribution in [2.45, 2.75) is 38.5 Å². The number of rotatable bonds is 4. The highest BCUT2D eigenvalue weighted by atomic mass is 19.5. The Morgan fingerprint density at radius 2 is 1.05 bits per heavy atom. The van der Waals surface area contributed by atoms with E-state index in [-0.39, 0.29) is 0 Å². The van der Waals surface area contributed by atoms with E-state index in [1.165, 1.54) is 82.8 Å². The van der Waals surface area contributed by atoms with E-state index in [4.69, 9.17) is 0 Å². The van der Waals surface area contributed by atoms with Gasteiger partial charge in [0.15, 0.2) is 11.4 Å². The smallest absolute Gasteiger partial charge is 0.418 e. The second kappa shape index (κ2) is 12.2. The first kappa shape index (κ1) is 28.4. The van der Waals surface area contributed by atoms with Crippen LogP contribution in [0.3, 0.4) is 0 Å². The number of hydrogen-bond donors (Lipinski definition) is 0. The monoisotopic (exact) mass is 576 g/mol. The highest BCUT2D eigenvalue weighted by Crippen LogP contribution is 2.41. The fourth-order valence-electron chi connectivity index (χ4n) is 6.71. The average Bonchev–Trinajstić information content (AvgIpc) is 3.49. The minimum atomic E-state index is -6.00. The molecule has 0 unspecified atom stereocenters. The first-order chi connectivity index (χ1) is 20.4. The lowest BCUT2D eigenvalue weighted by Gasteiger charge is -2.31. The van der Waals surface area contributed by atoms with Gasteiger partial charge in [0.2, 0.25) is 6.34 Å². The minimum Gasteiger partial charge on any atom is -0.418 e. The highest BCUT2D eigenvalue weighted by Gasteiger charge is 2.31. The van der Waals surface area contributed by atoms with Gasteiger partial charge in [-0.1, -0.05) is 60.7 Å². The van der Waals surface area contributed by atoms with Gasteiger partial charge in [0.05, 0.1) is 11.4 Å². The van der Waals surface area contributed by atoms with Crippen molar-refractivity contribution in [2.24, 2.45) is 0 Å². The van der Waals surface area contributed by atoms with Gasteiger partial charge in [0.25, 0.3) is 0 Å². The maximum Gasteiger partial charge on any atom is 0.673 e. The normalized spacial score (nSPS) is 17.8. The van der Waals surface area contributed by atoms with Crippen LogP contribution in [0.1, 0.15) is 38.5 Å². The molecule has 0 amide bonds. The Hall–Kier alpha value is -3.75. The van der Waals surface area contributed by atoms with Crippen molar-refractivity contribution in [1.82, 2.24) is 0 Å². The van der Waals surface area contributed by atoms with E-state index in [0.717, 1.165) is 39.3 Å². The van der Waals surface area contributed by atoms with Gasteiger partial charge in [-0.15, -0.1) is 0 Å². The molecule has 3 heterocycles. The standard InChI is InChI=1S/C33H37N4.BF4/c1-7-19-34(20-8-1)30-17-15-26-11-3-5-13-28(26)32(30)36-23-24-37(25-36)33-29-14-6-4-12-27(29)16-18-31(33)35-21-9-2-10-22-35;2-1(3,4)5/h3-6,11-18,25H,1-2,7-10,19-24H2;/q+1;-1. The van der Waals surface area contributed by atoms with Gasteiger partial charge in [-0.3, -0.25) is 0 Å². The maximum atomic E-state index is 9.75. The van der Waals surface area contributed by atoms with Gasteiger partial charge < -0.3 is 27.1 Å². The summed E-state index contributed by atoms with van der Waals surface area (Å²) in [4.78, 5) is 7.78. The van der Waals surface area contributed by atoms with Crippen LogP contribution in [0.25, 0.3) is 21.5 Å². The number of fused-ring (bicyclic) bond motifs is 2. The lowest BCUT2D eigenvalue weighted by atomic mass is 10.0. The molecule has 3 aliphatic rings. The van der Waals surface area contributed by atoms with Crippen LogP contribution in [0.2, 0.25) is 0 Å². The molecule has 0 atom stereocenters.